The highest BCUT2D eigenvalue weighted by Gasteiger charge is 2.44. The number of nitrogens with one attached hydrogen (secondary N) is 1. The van der Waals surface area contributed by atoms with Crippen molar-refractivity contribution in [2.75, 3.05) is 7.05 Å². The summed E-state index contributed by atoms with van der Waals surface area (Å²) in [5, 5.41) is 2.57. The number of ketones is 1. The molecular weight excluding hydrogens is 308 g/mol. The van der Waals surface area contributed by atoms with Gasteiger partial charge in [-0.3, -0.25) is 19.8 Å². The Morgan fingerprint density at radius 3 is 2.64 bits per heavy atom. The quantitative estimate of drug-likeness (QED) is 0.856. The number of nitrogens with zero attached hydrogens (tertiary/aromatic N) is 1. The Hall–Kier alpha value is -2.21. The molecule has 1 saturated heterocycles. The van der Waals surface area contributed by atoms with E-state index in [1.807, 2.05) is 0 Å². The molecule has 6 nitrogen and oxygen atoms in total. The highest BCUT2D eigenvalue weighted by molar-refractivity contribution is 6.30. The summed E-state index contributed by atoms with van der Waals surface area (Å²) in [5.74, 6) is -3.28. The summed E-state index contributed by atoms with van der Waals surface area (Å²) in [5.41, 5.74) is 0.610. The van der Waals surface area contributed by atoms with Crippen molar-refractivity contribution in [1.29, 1.82) is 0 Å². The Bertz CT molecular complexity index is 659. The van der Waals surface area contributed by atoms with Crippen molar-refractivity contribution < 1.29 is 19.2 Å². The third-order valence-electron chi connectivity index (χ3n) is 3.60. The molecular formula is C15H15ClN2O4. The van der Waals surface area contributed by atoms with Gasteiger partial charge in [0, 0.05) is 24.4 Å². The summed E-state index contributed by atoms with van der Waals surface area (Å²) < 4.78 is 0. The van der Waals surface area contributed by atoms with E-state index in [1.54, 1.807) is 24.3 Å². The number of halogens is 1. The summed E-state index contributed by atoms with van der Waals surface area (Å²) >= 11 is 5.95. The fourth-order valence-electron chi connectivity index (χ4n) is 2.52. The molecule has 1 aliphatic rings. The van der Waals surface area contributed by atoms with Crippen molar-refractivity contribution >= 4 is 35.2 Å². The van der Waals surface area contributed by atoms with E-state index in [0.29, 0.717) is 10.6 Å². The maximum absolute atomic E-state index is 12.3. The van der Waals surface area contributed by atoms with E-state index in [0.717, 1.165) is 4.90 Å². The van der Waals surface area contributed by atoms with Crippen LogP contribution in [0.2, 0.25) is 5.02 Å². The van der Waals surface area contributed by atoms with Crippen LogP contribution in [0.4, 0.5) is 4.79 Å². The van der Waals surface area contributed by atoms with E-state index in [9.17, 15) is 19.2 Å². The van der Waals surface area contributed by atoms with Gasteiger partial charge in [0.15, 0.2) is 0 Å². The van der Waals surface area contributed by atoms with Crippen LogP contribution < -0.4 is 5.32 Å². The van der Waals surface area contributed by atoms with Crippen LogP contribution in [0.15, 0.2) is 24.3 Å². The molecule has 116 valence electrons. The van der Waals surface area contributed by atoms with Gasteiger partial charge in [-0.2, -0.15) is 0 Å². The van der Waals surface area contributed by atoms with Gasteiger partial charge in [0.1, 0.15) is 11.7 Å². The summed E-state index contributed by atoms with van der Waals surface area (Å²) in [6.07, 6.45) is 0.00615. The first-order valence-corrected chi connectivity index (χ1v) is 7.06. The van der Waals surface area contributed by atoms with E-state index in [4.69, 9.17) is 11.6 Å². The van der Waals surface area contributed by atoms with Gasteiger partial charge >= 0.3 is 6.03 Å². The molecule has 1 aromatic carbocycles. The summed E-state index contributed by atoms with van der Waals surface area (Å²) in [7, 11) is 1.29. The van der Waals surface area contributed by atoms with Crippen LogP contribution in [0.1, 0.15) is 24.8 Å². The normalized spacial score (nSPS) is 19.9. The van der Waals surface area contributed by atoms with E-state index in [-0.39, 0.29) is 12.2 Å². The van der Waals surface area contributed by atoms with Crippen molar-refractivity contribution in [2.24, 2.45) is 5.92 Å². The topological polar surface area (TPSA) is 83.6 Å². The van der Waals surface area contributed by atoms with E-state index < -0.39 is 29.7 Å². The zero-order valence-corrected chi connectivity index (χ0v) is 12.9. The second kappa shape index (κ2) is 6.27. The Labute approximate surface area is 132 Å². The first kappa shape index (κ1) is 16.2. The number of carbonyl (C=O) groups excluding carboxylic acids is 4. The number of hydrogen-bond acceptors (Lipinski definition) is 4. The minimum atomic E-state index is -1.13. The second-order valence-corrected chi connectivity index (χ2v) is 5.67. The number of amides is 4. The van der Waals surface area contributed by atoms with E-state index >= 15 is 0 Å². The number of imide groups is 2. The maximum Gasteiger partial charge on any atom is 0.330 e. The average molecular weight is 323 g/mol. The molecule has 0 saturated carbocycles. The number of rotatable bonds is 4. The molecule has 1 aromatic rings. The lowest BCUT2D eigenvalue weighted by atomic mass is 9.80. The van der Waals surface area contributed by atoms with Crippen molar-refractivity contribution in [3.63, 3.8) is 0 Å². The monoisotopic (exact) mass is 322 g/mol. The van der Waals surface area contributed by atoms with Gasteiger partial charge in [-0.25, -0.2) is 4.79 Å². The first-order valence-electron chi connectivity index (χ1n) is 6.68. The molecule has 22 heavy (non-hydrogen) atoms. The lowest BCUT2D eigenvalue weighted by molar-refractivity contribution is -0.142. The number of Topliss-reactive ketones (excluding diaryl/α,β-unsaturated/α-hetero) is 1. The van der Waals surface area contributed by atoms with Crippen LogP contribution in [0.5, 0.6) is 0 Å². The third kappa shape index (κ3) is 3.17. The standard InChI is InChI=1S/C15H15ClN2O4/c1-8(19)6-11(9-4-3-5-10(16)7-9)12-13(20)17-15(22)18(2)14(12)21/h3-5,7,11-12H,6H2,1-2H3,(H,17,20,22). The molecule has 1 N–H and O–H groups in total. The number of carbonyl (C=O) groups is 4. The zero-order chi connectivity index (χ0) is 16.4. The highest BCUT2D eigenvalue weighted by Crippen LogP contribution is 2.33. The van der Waals surface area contributed by atoms with Gasteiger partial charge in [0.05, 0.1) is 0 Å². The van der Waals surface area contributed by atoms with Crippen LogP contribution in [0.3, 0.4) is 0 Å². The smallest absolute Gasteiger partial charge is 0.300 e. The SMILES string of the molecule is CC(=O)CC(c1cccc(Cl)c1)C1C(=O)NC(=O)N(C)C1=O. The molecule has 2 unspecified atom stereocenters. The highest BCUT2D eigenvalue weighted by atomic mass is 35.5. The van der Waals surface area contributed by atoms with Crippen LogP contribution in [0.25, 0.3) is 0 Å². The zero-order valence-electron chi connectivity index (χ0n) is 12.1. The molecule has 7 heteroatoms. The molecule has 1 heterocycles. The molecule has 1 fully saturated rings. The Kier molecular flexibility index (Phi) is 4.61. The summed E-state index contributed by atoms with van der Waals surface area (Å²) in [4.78, 5) is 48.3. The predicted octanol–water partition coefficient (Wildman–Crippen LogP) is 1.73. The molecule has 0 radical (unpaired) electrons. The molecule has 4 amide bonds. The predicted molar refractivity (Wildman–Crippen MR) is 79.3 cm³/mol. The number of urea groups is 1. The maximum atomic E-state index is 12.3. The number of benzene rings is 1. The van der Waals surface area contributed by atoms with Gasteiger partial charge in [-0.1, -0.05) is 23.7 Å². The van der Waals surface area contributed by atoms with Gasteiger partial charge < -0.3 is 4.79 Å². The first-order chi connectivity index (χ1) is 10.3. The lowest BCUT2D eigenvalue weighted by Gasteiger charge is -2.32. The fraction of sp³-hybridized carbons (Fsp3) is 0.333. The Morgan fingerprint density at radius 1 is 1.36 bits per heavy atom. The third-order valence-corrected chi connectivity index (χ3v) is 3.84. The molecule has 0 aromatic heterocycles. The minimum Gasteiger partial charge on any atom is -0.300 e. The van der Waals surface area contributed by atoms with Gasteiger partial charge in [0.2, 0.25) is 11.8 Å². The summed E-state index contributed by atoms with van der Waals surface area (Å²) in [6.45, 7) is 1.39. The number of barbiturate groups is 1. The van der Waals surface area contributed by atoms with Crippen molar-refractivity contribution in [1.82, 2.24) is 10.2 Å². The minimum absolute atomic E-state index is 0.00615. The van der Waals surface area contributed by atoms with E-state index in [1.165, 1.54) is 14.0 Å². The van der Waals surface area contributed by atoms with E-state index in [2.05, 4.69) is 5.32 Å². The van der Waals surface area contributed by atoms with Crippen molar-refractivity contribution in [2.45, 2.75) is 19.3 Å². The van der Waals surface area contributed by atoms with Crippen LogP contribution in [-0.4, -0.2) is 35.6 Å². The van der Waals surface area contributed by atoms with Crippen LogP contribution >= 0.6 is 11.6 Å². The largest absolute Gasteiger partial charge is 0.330 e. The summed E-state index contributed by atoms with van der Waals surface area (Å²) in [6, 6.07) is 5.90. The molecule has 2 rings (SSSR count). The molecule has 2 atom stereocenters. The van der Waals surface area contributed by atoms with Gasteiger partial charge in [-0.15, -0.1) is 0 Å². The number of hydrogen-bond donors (Lipinski definition) is 1. The molecule has 0 spiro atoms. The molecule has 1 aliphatic heterocycles. The molecule has 0 aliphatic carbocycles. The lowest BCUT2D eigenvalue weighted by Crippen LogP contribution is -2.57. The fourth-order valence-corrected chi connectivity index (χ4v) is 2.72. The van der Waals surface area contributed by atoms with Gasteiger partial charge in [-0.05, 0) is 24.6 Å². The average Bonchev–Trinajstić information content (AvgIpc) is 2.43. The Morgan fingerprint density at radius 2 is 2.05 bits per heavy atom. The van der Waals surface area contributed by atoms with Gasteiger partial charge in [0.25, 0.3) is 0 Å². The Balaban J connectivity index is 2.44. The second-order valence-electron chi connectivity index (χ2n) is 5.24. The van der Waals surface area contributed by atoms with Crippen molar-refractivity contribution in [3.8, 4) is 0 Å². The van der Waals surface area contributed by atoms with Crippen LogP contribution in [-0.2, 0) is 14.4 Å². The van der Waals surface area contributed by atoms with Crippen molar-refractivity contribution in [3.05, 3.63) is 34.9 Å². The van der Waals surface area contributed by atoms with Crippen LogP contribution in [0, 0.1) is 5.92 Å². The molecule has 0 bridgehead atoms.